The minimum absolute atomic E-state index is 0.273. The lowest BCUT2D eigenvalue weighted by molar-refractivity contribution is -0.0282. The number of ether oxygens (including phenoxy) is 1. The maximum Gasteiger partial charge on any atom is 0.163 e. The molecular formula is C14H19F2NO. The molecule has 2 rings (SSSR count). The van der Waals surface area contributed by atoms with E-state index in [1.54, 1.807) is 6.07 Å². The van der Waals surface area contributed by atoms with Crippen LogP contribution in [-0.4, -0.2) is 12.7 Å². The summed E-state index contributed by atoms with van der Waals surface area (Å²) in [5.74, 6) is -1.19. The Hall–Kier alpha value is -1.00. The van der Waals surface area contributed by atoms with Crippen molar-refractivity contribution in [3.05, 3.63) is 35.4 Å². The van der Waals surface area contributed by atoms with E-state index in [1.807, 2.05) is 6.92 Å². The van der Waals surface area contributed by atoms with E-state index < -0.39 is 17.7 Å². The van der Waals surface area contributed by atoms with Crippen molar-refractivity contribution in [3.8, 4) is 0 Å². The van der Waals surface area contributed by atoms with Crippen LogP contribution in [0.5, 0.6) is 0 Å². The molecule has 0 amide bonds. The Bertz CT molecular complexity index is 405. The quantitative estimate of drug-likeness (QED) is 0.877. The van der Waals surface area contributed by atoms with Gasteiger partial charge in [0, 0.05) is 18.2 Å². The van der Waals surface area contributed by atoms with Gasteiger partial charge >= 0.3 is 0 Å². The molecule has 1 aliphatic rings. The Balaban J connectivity index is 1.89. The van der Waals surface area contributed by atoms with Gasteiger partial charge in [-0.1, -0.05) is 12.1 Å². The lowest BCUT2D eigenvalue weighted by Gasteiger charge is -2.36. The Labute approximate surface area is 106 Å². The summed E-state index contributed by atoms with van der Waals surface area (Å²) in [6, 6.07) is 3.73. The molecule has 0 spiro atoms. The van der Waals surface area contributed by atoms with E-state index in [-0.39, 0.29) is 5.56 Å². The monoisotopic (exact) mass is 255 g/mol. The molecular weight excluding hydrogens is 236 g/mol. The summed E-state index contributed by atoms with van der Waals surface area (Å²) in [5.41, 5.74) is 6.22. The van der Waals surface area contributed by atoms with Crippen LogP contribution in [0.15, 0.2) is 18.2 Å². The Morgan fingerprint density at radius 2 is 2.11 bits per heavy atom. The molecule has 1 fully saturated rings. The third kappa shape index (κ3) is 2.87. The van der Waals surface area contributed by atoms with Crippen LogP contribution in [0.3, 0.4) is 0 Å². The number of hydrogen-bond acceptors (Lipinski definition) is 2. The predicted octanol–water partition coefficient (Wildman–Crippen LogP) is 3.17. The van der Waals surface area contributed by atoms with Gasteiger partial charge in [-0.25, -0.2) is 8.78 Å². The fourth-order valence-electron chi connectivity index (χ4n) is 2.53. The van der Waals surface area contributed by atoms with Crippen molar-refractivity contribution in [2.45, 2.75) is 38.3 Å². The van der Waals surface area contributed by atoms with Gasteiger partial charge in [-0.15, -0.1) is 0 Å². The van der Waals surface area contributed by atoms with E-state index in [0.29, 0.717) is 18.4 Å². The van der Waals surface area contributed by atoms with Gasteiger partial charge in [0.25, 0.3) is 0 Å². The minimum Gasteiger partial charge on any atom is -0.378 e. The minimum atomic E-state index is -0.830. The normalized spacial score (nSPS) is 24.7. The fraction of sp³-hybridized carbons (Fsp3) is 0.571. The van der Waals surface area contributed by atoms with Crippen LogP contribution in [-0.2, 0) is 4.74 Å². The summed E-state index contributed by atoms with van der Waals surface area (Å²) in [6.45, 7) is 2.70. The van der Waals surface area contributed by atoms with Crippen LogP contribution in [0.2, 0.25) is 0 Å². The van der Waals surface area contributed by atoms with Crippen LogP contribution in [0.4, 0.5) is 8.78 Å². The van der Waals surface area contributed by atoms with Gasteiger partial charge in [-0.2, -0.15) is 0 Å². The van der Waals surface area contributed by atoms with Crippen LogP contribution < -0.4 is 5.73 Å². The third-order valence-electron chi connectivity index (χ3n) is 3.56. The molecule has 0 aromatic heterocycles. The van der Waals surface area contributed by atoms with Crippen molar-refractivity contribution < 1.29 is 13.5 Å². The first-order valence-corrected chi connectivity index (χ1v) is 6.42. The van der Waals surface area contributed by atoms with Gasteiger partial charge < -0.3 is 10.5 Å². The van der Waals surface area contributed by atoms with Gasteiger partial charge in [0.2, 0.25) is 0 Å². The molecule has 1 aliphatic carbocycles. The van der Waals surface area contributed by atoms with Crippen molar-refractivity contribution in [1.29, 1.82) is 0 Å². The molecule has 4 heteroatoms. The SMILES string of the molecule is CCOC1CC(CC(N)c2cccc(F)c2F)C1. The van der Waals surface area contributed by atoms with E-state index >= 15 is 0 Å². The van der Waals surface area contributed by atoms with Gasteiger partial charge in [0.1, 0.15) is 0 Å². The highest BCUT2D eigenvalue weighted by molar-refractivity contribution is 5.22. The molecule has 1 unspecified atom stereocenters. The molecule has 1 saturated carbocycles. The predicted molar refractivity (Wildman–Crippen MR) is 66.0 cm³/mol. The van der Waals surface area contributed by atoms with E-state index in [4.69, 9.17) is 10.5 Å². The van der Waals surface area contributed by atoms with E-state index in [2.05, 4.69) is 0 Å². The zero-order chi connectivity index (χ0) is 13.1. The summed E-state index contributed by atoms with van der Waals surface area (Å²) < 4.78 is 32.1. The maximum absolute atomic E-state index is 13.5. The van der Waals surface area contributed by atoms with Crippen molar-refractivity contribution in [2.24, 2.45) is 11.7 Å². The molecule has 0 saturated heterocycles. The first-order chi connectivity index (χ1) is 8.61. The van der Waals surface area contributed by atoms with Crippen molar-refractivity contribution in [3.63, 3.8) is 0 Å². The standard InChI is InChI=1S/C14H19F2NO/c1-2-18-10-6-9(7-10)8-13(17)11-4-3-5-12(15)14(11)16/h3-5,9-10,13H,2,6-8,17H2,1H3. The Morgan fingerprint density at radius 3 is 2.78 bits per heavy atom. The summed E-state index contributed by atoms with van der Waals surface area (Å²) in [6.07, 6.45) is 2.95. The number of benzene rings is 1. The number of hydrogen-bond donors (Lipinski definition) is 1. The highest BCUT2D eigenvalue weighted by atomic mass is 19.2. The number of rotatable bonds is 5. The smallest absolute Gasteiger partial charge is 0.163 e. The lowest BCUT2D eigenvalue weighted by Crippen LogP contribution is -2.33. The number of nitrogens with two attached hydrogens (primary N) is 1. The van der Waals surface area contributed by atoms with E-state index in [1.165, 1.54) is 6.07 Å². The van der Waals surface area contributed by atoms with Crippen molar-refractivity contribution >= 4 is 0 Å². The molecule has 0 heterocycles. The topological polar surface area (TPSA) is 35.2 Å². The zero-order valence-electron chi connectivity index (χ0n) is 10.5. The molecule has 0 bridgehead atoms. The number of halogens is 2. The average molecular weight is 255 g/mol. The second-order valence-corrected chi connectivity index (χ2v) is 4.90. The molecule has 0 aliphatic heterocycles. The third-order valence-corrected chi connectivity index (χ3v) is 3.56. The van der Waals surface area contributed by atoms with E-state index in [0.717, 1.165) is 25.5 Å². The Morgan fingerprint density at radius 1 is 1.39 bits per heavy atom. The van der Waals surface area contributed by atoms with Crippen LogP contribution in [0, 0.1) is 17.6 Å². The molecule has 2 N–H and O–H groups in total. The average Bonchev–Trinajstić information content (AvgIpc) is 2.30. The van der Waals surface area contributed by atoms with Gasteiger partial charge in [-0.05, 0) is 38.2 Å². The highest BCUT2D eigenvalue weighted by Gasteiger charge is 2.31. The molecule has 1 atom stereocenters. The zero-order valence-corrected chi connectivity index (χ0v) is 10.5. The van der Waals surface area contributed by atoms with Gasteiger partial charge in [-0.3, -0.25) is 0 Å². The first-order valence-electron chi connectivity index (χ1n) is 6.42. The van der Waals surface area contributed by atoms with Crippen LogP contribution >= 0.6 is 0 Å². The molecule has 100 valence electrons. The molecule has 1 aromatic carbocycles. The van der Waals surface area contributed by atoms with Crippen LogP contribution in [0.1, 0.15) is 37.8 Å². The largest absolute Gasteiger partial charge is 0.378 e. The van der Waals surface area contributed by atoms with Gasteiger partial charge in [0.05, 0.1) is 6.10 Å². The second-order valence-electron chi connectivity index (χ2n) is 4.90. The van der Waals surface area contributed by atoms with Crippen molar-refractivity contribution in [1.82, 2.24) is 0 Å². The molecule has 2 nitrogen and oxygen atoms in total. The summed E-state index contributed by atoms with van der Waals surface area (Å²) in [4.78, 5) is 0. The van der Waals surface area contributed by atoms with Gasteiger partial charge in [0.15, 0.2) is 11.6 Å². The summed E-state index contributed by atoms with van der Waals surface area (Å²) in [7, 11) is 0. The lowest BCUT2D eigenvalue weighted by atomic mass is 9.77. The molecule has 1 aromatic rings. The first kappa shape index (κ1) is 13.4. The fourth-order valence-corrected chi connectivity index (χ4v) is 2.53. The van der Waals surface area contributed by atoms with E-state index in [9.17, 15) is 8.78 Å². The van der Waals surface area contributed by atoms with Crippen LogP contribution in [0.25, 0.3) is 0 Å². The molecule has 0 radical (unpaired) electrons. The summed E-state index contributed by atoms with van der Waals surface area (Å²) >= 11 is 0. The molecule has 18 heavy (non-hydrogen) atoms. The second kappa shape index (κ2) is 5.76. The summed E-state index contributed by atoms with van der Waals surface area (Å²) in [5, 5.41) is 0. The Kier molecular flexibility index (Phi) is 4.30. The highest BCUT2D eigenvalue weighted by Crippen LogP contribution is 2.36. The maximum atomic E-state index is 13.5. The van der Waals surface area contributed by atoms with Crippen molar-refractivity contribution in [2.75, 3.05) is 6.61 Å².